The van der Waals surface area contributed by atoms with Gasteiger partial charge in [0.05, 0.1) is 30.2 Å². The molecule has 5 rings (SSSR count). The van der Waals surface area contributed by atoms with Gasteiger partial charge in [0, 0.05) is 18.1 Å². The first-order valence-corrected chi connectivity index (χ1v) is 10.0. The molecule has 7 nitrogen and oxygen atoms in total. The number of para-hydroxylation sites is 1. The van der Waals surface area contributed by atoms with Crippen molar-refractivity contribution < 1.29 is 9.53 Å². The second-order valence-electron chi connectivity index (χ2n) is 7.31. The molecule has 150 valence electrons. The summed E-state index contributed by atoms with van der Waals surface area (Å²) in [5, 5.41) is 10.4. The van der Waals surface area contributed by atoms with Crippen molar-refractivity contribution in [1.29, 1.82) is 0 Å². The van der Waals surface area contributed by atoms with Crippen molar-refractivity contribution in [2.75, 3.05) is 13.1 Å². The zero-order valence-electron chi connectivity index (χ0n) is 16.4. The summed E-state index contributed by atoms with van der Waals surface area (Å²) in [6, 6.07) is 17.4. The number of fused-ring (bicyclic) bond motifs is 1. The van der Waals surface area contributed by atoms with Gasteiger partial charge in [-0.05, 0) is 42.5 Å². The summed E-state index contributed by atoms with van der Waals surface area (Å²) >= 11 is 0. The van der Waals surface area contributed by atoms with Gasteiger partial charge in [-0.3, -0.25) is 4.79 Å². The minimum absolute atomic E-state index is 0.0397. The van der Waals surface area contributed by atoms with E-state index >= 15 is 0 Å². The first kappa shape index (κ1) is 18.3. The van der Waals surface area contributed by atoms with Crippen LogP contribution in [0, 0.1) is 0 Å². The Kier molecular flexibility index (Phi) is 4.85. The summed E-state index contributed by atoms with van der Waals surface area (Å²) < 4.78 is 6.25. The van der Waals surface area contributed by atoms with Crippen LogP contribution in [0.3, 0.4) is 0 Å². The van der Waals surface area contributed by atoms with Crippen LogP contribution in [0.15, 0.2) is 73.2 Å². The van der Waals surface area contributed by atoms with Gasteiger partial charge in [-0.15, -0.1) is 0 Å². The molecule has 1 fully saturated rings. The normalized spacial score (nSPS) is 16.5. The molecular weight excluding hydrogens is 378 g/mol. The Morgan fingerprint density at radius 3 is 2.67 bits per heavy atom. The third kappa shape index (κ3) is 3.50. The standard InChI is InChI=1S/C23H21N5O2/c29-23(20-9-3-4-10-21(20)28-25-13-14-26-28)27-15-5-7-18(16-27)30-22-19-8-2-1-6-17(19)11-12-24-22/h1-4,6,8-14,18H,5,7,15-16H2. The van der Waals surface area contributed by atoms with Crippen LogP contribution in [0.25, 0.3) is 16.5 Å². The van der Waals surface area contributed by atoms with Crippen LogP contribution in [-0.4, -0.2) is 50.0 Å². The van der Waals surface area contributed by atoms with Crippen molar-refractivity contribution in [1.82, 2.24) is 24.9 Å². The maximum atomic E-state index is 13.3. The number of benzene rings is 2. The maximum absolute atomic E-state index is 13.3. The molecule has 0 radical (unpaired) electrons. The fourth-order valence-electron chi connectivity index (χ4n) is 3.90. The molecule has 2 aromatic heterocycles. The van der Waals surface area contributed by atoms with E-state index in [1.165, 1.54) is 4.80 Å². The number of ether oxygens (including phenoxy) is 1. The topological polar surface area (TPSA) is 73.1 Å². The molecule has 30 heavy (non-hydrogen) atoms. The number of pyridine rings is 1. The molecule has 4 aromatic rings. The number of rotatable bonds is 4. The lowest BCUT2D eigenvalue weighted by atomic mass is 10.1. The third-order valence-corrected chi connectivity index (χ3v) is 5.35. The fourth-order valence-corrected chi connectivity index (χ4v) is 3.90. The summed E-state index contributed by atoms with van der Waals surface area (Å²) in [6.45, 7) is 1.22. The lowest BCUT2D eigenvalue weighted by Gasteiger charge is -2.33. The Morgan fingerprint density at radius 1 is 0.967 bits per heavy atom. The molecule has 1 aliphatic heterocycles. The van der Waals surface area contributed by atoms with Gasteiger partial charge in [0.25, 0.3) is 5.91 Å². The van der Waals surface area contributed by atoms with Crippen molar-refractivity contribution >= 4 is 16.7 Å². The van der Waals surface area contributed by atoms with E-state index in [9.17, 15) is 4.79 Å². The molecule has 0 aliphatic carbocycles. The summed E-state index contributed by atoms with van der Waals surface area (Å²) in [5.41, 5.74) is 1.25. The smallest absolute Gasteiger partial charge is 0.256 e. The van der Waals surface area contributed by atoms with E-state index in [4.69, 9.17) is 4.74 Å². The number of piperidine rings is 1. The highest BCUT2D eigenvalue weighted by Gasteiger charge is 2.28. The summed E-state index contributed by atoms with van der Waals surface area (Å²) in [4.78, 5) is 21.1. The molecule has 3 heterocycles. The molecule has 0 N–H and O–H groups in total. The quantitative estimate of drug-likeness (QED) is 0.525. The van der Waals surface area contributed by atoms with Crippen molar-refractivity contribution in [3.63, 3.8) is 0 Å². The third-order valence-electron chi connectivity index (χ3n) is 5.35. The van der Waals surface area contributed by atoms with E-state index in [1.54, 1.807) is 18.6 Å². The van der Waals surface area contributed by atoms with Gasteiger partial charge in [-0.25, -0.2) is 4.98 Å². The Balaban J connectivity index is 1.37. The van der Waals surface area contributed by atoms with E-state index < -0.39 is 0 Å². The van der Waals surface area contributed by atoms with Gasteiger partial charge in [0.1, 0.15) is 6.10 Å². The number of aromatic nitrogens is 4. The molecule has 1 unspecified atom stereocenters. The maximum Gasteiger partial charge on any atom is 0.256 e. The van der Waals surface area contributed by atoms with E-state index in [0.29, 0.717) is 30.2 Å². The SMILES string of the molecule is O=C(c1ccccc1-n1nccn1)N1CCCC(Oc2nccc3ccccc23)C1. The number of likely N-dealkylation sites (tertiary alicyclic amines) is 1. The van der Waals surface area contributed by atoms with Crippen LogP contribution in [0.4, 0.5) is 0 Å². The number of amides is 1. The first-order chi connectivity index (χ1) is 14.8. The monoisotopic (exact) mass is 399 g/mol. The molecule has 2 aromatic carbocycles. The highest BCUT2D eigenvalue weighted by molar-refractivity contribution is 5.97. The van der Waals surface area contributed by atoms with E-state index in [-0.39, 0.29) is 12.0 Å². The van der Waals surface area contributed by atoms with E-state index in [0.717, 1.165) is 23.6 Å². The lowest BCUT2D eigenvalue weighted by molar-refractivity contribution is 0.0531. The molecule has 0 spiro atoms. The minimum atomic E-state index is -0.101. The highest BCUT2D eigenvalue weighted by Crippen LogP contribution is 2.26. The van der Waals surface area contributed by atoms with Crippen LogP contribution >= 0.6 is 0 Å². The van der Waals surface area contributed by atoms with Gasteiger partial charge in [0.2, 0.25) is 5.88 Å². The average molecular weight is 399 g/mol. The summed E-state index contributed by atoms with van der Waals surface area (Å²) in [5.74, 6) is 0.579. The Morgan fingerprint density at radius 2 is 1.77 bits per heavy atom. The molecule has 1 atom stereocenters. The van der Waals surface area contributed by atoms with Crippen LogP contribution in [0.5, 0.6) is 5.88 Å². The van der Waals surface area contributed by atoms with Gasteiger partial charge < -0.3 is 9.64 Å². The molecular formula is C23H21N5O2. The molecule has 7 heteroatoms. The predicted molar refractivity (Wildman–Crippen MR) is 113 cm³/mol. The summed E-state index contributed by atoms with van der Waals surface area (Å²) in [6.07, 6.45) is 6.62. The zero-order chi connectivity index (χ0) is 20.3. The number of hydrogen-bond donors (Lipinski definition) is 0. The van der Waals surface area contributed by atoms with Gasteiger partial charge in [0.15, 0.2) is 0 Å². The van der Waals surface area contributed by atoms with E-state index in [2.05, 4.69) is 15.2 Å². The predicted octanol–water partition coefficient (Wildman–Crippen LogP) is 3.50. The molecule has 0 bridgehead atoms. The van der Waals surface area contributed by atoms with Crippen LogP contribution in [-0.2, 0) is 0 Å². The van der Waals surface area contributed by atoms with Crippen molar-refractivity contribution in [2.24, 2.45) is 0 Å². The fraction of sp³-hybridized carbons (Fsp3) is 0.217. The Labute approximate surface area is 173 Å². The number of carbonyl (C=O) groups excluding carboxylic acids is 1. The first-order valence-electron chi connectivity index (χ1n) is 10.0. The molecule has 1 saturated heterocycles. The number of carbonyl (C=O) groups is 1. The lowest BCUT2D eigenvalue weighted by Crippen LogP contribution is -2.44. The minimum Gasteiger partial charge on any atom is -0.472 e. The zero-order valence-corrected chi connectivity index (χ0v) is 16.4. The number of hydrogen-bond acceptors (Lipinski definition) is 5. The number of nitrogens with zero attached hydrogens (tertiary/aromatic N) is 5. The van der Waals surface area contributed by atoms with Crippen molar-refractivity contribution in [3.8, 4) is 11.6 Å². The second kappa shape index (κ2) is 7.94. The van der Waals surface area contributed by atoms with Crippen molar-refractivity contribution in [2.45, 2.75) is 18.9 Å². The average Bonchev–Trinajstić information content (AvgIpc) is 3.34. The van der Waals surface area contributed by atoms with Crippen LogP contribution < -0.4 is 4.74 Å². The van der Waals surface area contributed by atoms with Gasteiger partial charge in [-0.2, -0.15) is 15.0 Å². The Bertz CT molecular complexity index is 1170. The van der Waals surface area contributed by atoms with Crippen LogP contribution in [0.2, 0.25) is 0 Å². The molecule has 1 aliphatic rings. The van der Waals surface area contributed by atoms with Crippen molar-refractivity contribution in [3.05, 3.63) is 78.8 Å². The highest BCUT2D eigenvalue weighted by atomic mass is 16.5. The van der Waals surface area contributed by atoms with Gasteiger partial charge in [-0.1, -0.05) is 30.3 Å². The largest absolute Gasteiger partial charge is 0.472 e. The summed E-state index contributed by atoms with van der Waals surface area (Å²) in [7, 11) is 0. The van der Waals surface area contributed by atoms with Gasteiger partial charge >= 0.3 is 0 Å². The Hall–Kier alpha value is -3.74. The van der Waals surface area contributed by atoms with E-state index in [1.807, 2.05) is 59.5 Å². The molecule has 1 amide bonds. The van der Waals surface area contributed by atoms with Crippen LogP contribution in [0.1, 0.15) is 23.2 Å². The molecule has 0 saturated carbocycles. The second-order valence-corrected chi connectivity index (χ2v) is 7.31.